The minimum absolute atomic E-state index is 0.0189. The standard InChI is InChI=1S/C27H32N2O6S/c1-6-23(20-12-14-24(33-3)19(2)16-20)28-27(30)18-29(21-10-8-7-9-11-21)36(31,32)22-13-15-25(34-4)26(17-22)35-5/h7-17,23H,6,18H2,1-5H3,(H,28,30)/t23-/m0/s1. The van der Waals surface area contributed by atoms with Gasteiger partial charge in [-0.2, -0.15) is 0 Å². The molecule has 8 nitrogen and oxygen atoms in total. The fourth-order valence-electron chi connectivity index (χ4n) is 3.92. The number of hydrogen-bond donors (Lipinski definition) is 1. The lowest BCUT2D eigenvalue weighted by atomic mass is 10.0. The molecule has 0 bridgehead atoms. The van der Waals surface area contributed by atoms with Gasteiger partial charge in [0, 0.05) is 6.07 Å². The van der Waals surface area contributed by atoms with Crippen LogP contribution in [0, 0.1) is 6.92 Å². The molecule has 36 heavy (non-hydrogen) atoms. The van der Waals surface area contributed by atoms with Crippen LogP contribution in [0.1, 0.15) is 30.5 Å². The van der Waals surface area contributed by atoms with Crippen molar-refractivity contribution < 1.29 is 27.4 Å². The van der Waals surface area contributed by atoms with Gasteiger partial charge in [0.05, 0.1) is 38.0 Å². The van der Waals surface area contributed by atoms with E-state index in [1.807, 2.05) is 32.0 Å². The van der Waals surface area contributed by atoms with Gasteiger partial charge in [-0.25, -0.2) is 8.42 Å². The van der Waals surface area contributed by atoms with Crippen LogP contribution in [0.4, 0.5) is 5.69 Å². The number of ether oxygens (including phenoxy) is 3. The second-order valence-corrected chi connectivity index (χ2v) is 9.98. The Hall–Kier alpha value is -3.72. The van der Waals surface area contributed by atoms with Crippen molar-refractivity contribution in [3.63, 3.8) is 0 Å². The Labute approximate surface area is 212 Å². The molecule has 0 spiro atoms. The SMILES string of the molecule is CC[C@H](NC(=O)CN(c1ccccc1)S(=O)(=O)c1ccc(OC)c(OC)c1)c1ccc(OC)c(C)c1. The lowest BCUT2D eigenvalue weighted by molar-refractivity contribution is -0.120. The molecule has 0 radical (unpaired) electrons. The predicted octanol–water partition coefficient (Wildman–Crippen LogP) is 4.48. The number of hydrogen-bond acceptors (Lipinski definition) is 6. The van der Waals surface area contributed by atoms with Crippen LogP contribution in [-0.4, -0.2) is 42.2 Å². The van der Waals surface area contributed by atoms with Crippen molar-refractivity contribution in [1.29, 1.82) is 0 Å². The zero-order valence-corrected chi connectivity index (χ0v) is 22.0. The van der Waals surface area contributed by atoms with E-state index in [1.54, 1.807) is 37.4 Å². The Bertz CT molecular complexity index is 1290. The highest BCUT2D eigenvalue weighted by atomic mass is 32.2. The highest BCUT2D eigenvalue weighted by molar-refractivity contribution is 7.92. The third-order valence-electron chi connectivity index (χ3n) is 5.84. The Morgan fingerprint density at radius 2 is 1.53 bits per heavy atom. The summed E-state index contributed by atoms with van der Waals surface area (Å²) in [5, 5.41) is 2.98. The van der Waals surface area contributed by atoms with E-state index in [0.717, 1.165) is 21.2 Å². The number of methoxy groups -OCH3 is 3. The summed E-state index contributed by atoms with van der Waals surface area (Å²) in [4.78, 5) is 13.2. The van der Waals surface area contributed by atoms with Crippen molar-refractivity contribution in [2.75, 3.05) is 32.2 Å². The van der Waals surface area contributed by atoms with Gasteiger partial charge in [0.1, 0.15) is 12.3 Å². The van der Waals surface area contributed by atoms with Crippen molar-refractivity contribution in [2.45, 2.75) is 31.2 Å². The van der Waals surface area contributed by atoms with E-state index in [4.69, 9.17) is 14.2 Å². The molecule has 3 aromatic rings. The molecule has 0 aromatic heterocycles. The maximum atomic E-state index is 13.7. The Morgan fingerprint density at radius 3 is 2.11 bits per heavy atom. The molecule has 0 heterocycles. The molecule has 1 atom stereocenters. The number of carbonyl (C=O) groups excluding carboxylic acids is 1. The largest absolute Gasteiger partial charge is 0.496 e. The Balaban J connectivity index is 1.92. The van der Waals surface area contributed by atoms with Gasteiger partial charge in [-0.1, -0.05) is 37.3 Å². The molecule has 3 aromatic carbocycles. The molecule has 1 N–H and O–H groups in total. The molecule has 3 rings (SSSR count). The van der Waals surface area contributed by atoms with Crippen molar-refractivity contribution >= 4 is 21.6 Å². The number of anilines is 1. The van der Waals surface area contributed by atoms with Crippen molar-refractivity contribution in [1.82, 2.24) is 5.32 Å². The lowest BCUT2D eigenvalue weighted by Crippen LogP contribution is -2.42. The first-order valence-corrected chi connectivity index (χ1v) is 12.9. The van der Waals surface area contributed by atoms with Crippen LogP contribution >= 0.6 is 0 Å². The van der Waals surface area contributed by atoms with Gasteiger partial charge < -0.3 is 19.5 Å². The average molecular weight is 513 g/mol. The van der Waals surface area contributed by atoms with E-state index in [9.17, 15) is 13.2 Å². The van der Waals surface area contributed by atoms with Crippen LogP contribution in [-0.2, 0) is 14.8 Å². The topological polar surface area (TPSA) is 94.2 Å². The fraction of sp³-hybridized carbons (Fsp3) is 0.296. The minimum atomic E-state index is -4.11. The van der Waals surface area contributed by atoms with E-state index in [0.29, 0.717) is 17.9 Å². The van der Waals surface area contributed by atoms with Gasteiger partial charge in [-0.15, -0.1) is 0 Å². The average Bonchev–Trinajstić information content (AvgIpc) is 2.90. The second kappa shape index (κ2) is 11.8. The summed E-state index contributed by atoms with van der Waals surface area (Å²) in [6, 6.07) is 18.3. The molecule has 0 aliphatic carbocycles. The molecule has 0 aliphatic heterocycles. The number of nitrogens with zero attached hydrogens (tertiary/aromatic N) is 1. The first-order valence-electron chi connectivity index (χ1n) is 11.5. The smallest absolute Gasteiger partial charge is 0.264 e. The van der Waals surface area contributed by atoms with E-state index in [1.165, 1.54) is 32.4 Å². The molecular weight excluding hydrogens is 480 g/mol. The van der Waals surface area contributed by atoms with E-state index in [-0.39, 0.29) is 16.7 Å². The van der Waals surface area contributed by atoms with Gasteiger partial charge in [0.2, 0.25) is 5.91 Å². The molecule has 0 saturated carbocycles. The van der Waals surface area contributed by atoms with Crippen molar-refractivity contribution in [3.8, 4) is 17.2 Å². The highest BCUT2D eigenvalue weighted by Crippen LogP contribution is 2.32. The number of sulfonamides is 1. The molecule has 192 valence electrons. The van der Waals surface area contributed by atoms with Crippen LogP contribution < -0.4 is 23.8 Å². The maximum absolute atomic E-state index is 13.7. The van der Waals surface area contributed by atoms with Crippen molar-refractivity contribution in [2.24, 2.45) is 0 Å². The van der Waals surface area contributed by atoms with E-state index in [2.05, 4.69) is 5.32 Å². The first-order chi connectivity index (χ1) is 17.2. The molecule has 1 amide bonds. The summed E-state index contributed by atoms with van der Waals surface area (Å²) >= 11 is 0. The zero-order valence-electron chi connectivity index (χ0n) is 21.1. The monoisotopic (exact) mass is 512 g/mol. The van der Waals surface area contributed by atoms with Crippen LogP contribution in [0.15, 0.2) is 71.6 Å². The summed E-state index contributed by atoms with van der Waals surface area (Å²) in [5.74, 6) is 1.01. The van der Waals surface area contributed by atoms with Gasteiger partial charge in [-0.3, -0.25) is 9.10 Å². The lowest BCUT2D eigenvalue weighted by Gasteiger charge is -2.26. The number of carbonyl (C=O) groups is 1. The van der Waals surface area contributed by atoms with E-state index >= 15 is 0 Å². The predicted molar refractivity (Wildman–Crippen MR) is 139 cm³/mol. The minimum Gasteiger partial charge on any atom is -0.496 e. The third-order valence-corrected chi connectivity index (χ3v) is 7.61. The first kappa shape index (κ1) is 26.9. The molecule has 0 saturated heterocycles. The van der Waals surface area contributed by atoms with Gasteiger partial charge in [0.25, 0.3) is 10.0 Å². The summed E-state index contributed by atoms with van der Waals surface area (Å²) in [7, 11) is 0.406. The number of para-hydroxylation sites is 1. The molecule has 0 aliphatic rings. The van der Waals surface area contributed by atoms with Crippen LogP contribution in [0.3, 0.4) is 0 Å². The quantitative estimate of drug-likeness (QED) is 0.407. The number of benzene rings is 3. The maximum Gasteiger partial charge on any atom is 0.264 e. The number of rotatable bonds is 11. The van der Waals surface area contributed by atoms with Crippen molar-refractivity contribution in [3.05, 3.63) is 77.9 Å². The fourth-order valence-corrected chi connectivity index (χ4v) is 5.36. The Morgan fingerprint density at radius 1 is 0.889 bits per heavy atom. The summed E-state index contributed by atoms with van der Waals surface area (Å²) < 4.78 is 44.4. The number of nitrogens with one attached hydrogen (secondary N) is 1. The normalized spacial score (nSPS) is 11.9. The highest BCUT2D eigenvalue weighted by Gasteiger charge is 2.29. The zero-order chi connectivity index (χ0) is 26.3. The second-order valence-electron chi connectivity index (χ2n) is 8.12. The molecular formula is C27H32N2O6S. The Kier molecular flexibility index (Phi) is 8.82. The molecule has 0 unspecified atom stereocenters. The summed E-state index contributed by atoms with van der Waals surface area (Å²) in [6.45, 7) is 3.50. The van der Waals surface area contributed by atoms with Gasteiger partial charge in [0.15, 0.2) is 11.5 Å². The summed E-state index contributed by atoms with van der Waals surface area (Å²) in [6.07, 6.45) is 0.630. The number of aryl methyl sites for hydroxylation is 1. The third kappa shape index (κ3) is 5.91. The van der Waals surface area contributed by atoms with Crippen LogP contribution in [0.25, 0.3) is 0 Å². The van der Waals surface area contributed by atoms with Gasteiger partial charge in [-0.05, 0) is 54.8 Å². The van der Waals surface area contributed by atoms with Gasteiger partial charge >= 0.3 is 0 Å². The molecule has 0 fully saturated rings. The van der Waals surface area contributed by atoms with Crippen LogP contribution in [0.5, 0.6) is 17.2 Å². The number of amides is 1. The summed E-state index contributed by atoms with van der Waals surface area (Å²) in [5.41, 5.74) is 2.23. The van der Waals surface area contributed by atoms with E-state index < -0.39 is 22.5 Å². The van der Waals surface area contributed by atoms with Crippen LogP contribution in [0.2, 0.25) is 0 Å². The molecule has 9 heteroatoms.